The van der Waals surface area contributed by atoms with Gasteiger partial charge in [0.2, 0.25) is 0 Å². The van der Waals surface area contributed by atoms with Gasteiger partial charge in [-0.1, -0.05) is 24.3 Å². The Bertz CT molecular complexity index is 621. The quantitative estimate of drug-likeness (QED) is 0.885. The van der Waals surface area contributed by atoms with Crippen LogP contribution in [0.2, 0.25) is 0 Å². The number of ether oxygens (including phenoxy) is 1. The number of aromatic hydroxyl groups is 1. The summed E-state index contributed by atoms with van der Waals surface area (Å²) in [5, 5.41) is 13.4. The van der Waals surface area contributed by atoms with E-state index < -0.39 is 0 Å². The smallest absolute Gasteiger partial charge is 0.126 e. The maximum absolute atomic E-state index is 10.0. The zero-order chi connectivity index (χ0) is 14.7. The van der Waals surface area contributed by atoms with Gasteiger partial charge in [-0.2, -0.15) is 0 Å². The minimum absolute atomic E-state index is 0.358. The molecule has 0 saturated heterocycles. The summed E-state index contributed by atoms with van der Waals surface area (Å²) in [6.45, 7) is 6.55. The lowest BCUT2D eigenvalue weighted by atomic mass is 10.1. The number of hydrogen-bond acceptors (Lipinski definition) is 3. The lowest BCUT2D eigenvalue weighted by Crippen LogP contribution is -2.03. The van der Waals surface area contributed by atoms with Crippen molar-refractivity contribution in [3.63, 3.8) is 0 Å². The molecule has 3 heteroatoms. The number of para-hydroxylation sites is 1. The average molecular weight is 271 g/mol. The van der Waals surface area contributed by atoms with E-state index >= 15 is 0 Å². The first-order chi connectivity index (χ1) is 9.54. The monoisotopic (exact) mass is 271 g/mol. The fourth-order valence-electron chi connectivity index (χ4n) is 2.39. The van der Waals surface area contributed by atoms with E-state index in [1.807, 2.05) is 51.1 Å². The Balaban J connectivity index is 2.21. The third-order valence-corrected chi connectivity index (χ3v) is 3.60. The lowest BCUT2D eigenvalue weighted by molar-refractivity contribution is 0.409. The Morgan fingerprint density at radius 1 is 1.05 bits per heavy atom. The molecule has 0 heterocycles. The van der Waals surface area contributed by atoms with E-state index in [1.165, 1.54) is 0 Å². The maximum atomic E-state index is 10.0. The van der Waals surface area contributed by atoms with Crippen molar-refractivity contribution in [2.24, 2.45) is 0 Å². The summed E-state index contributed by atoms with van der Waals surface area (Å²) in [5.74, 6) is 1.26. The molecule has 0 aliphatic carbocycles. The lowest BCUT2D eigenvalue weighted by Gasteiger charge is -2.15. The van der Waals surface area contributed by atoms with E-state index in [2.05, 4.69) is 5.32 Å². The summed E-state index contributed by atoms with van der Waals surface area (Å²) >= 11 is 0. The number of anilines is 1. The van der Waals surface area contributed by atoms with Crippen molar-refractivity contribution >= 4 is 5.69 Å². The molecule has 0 fully saturated rings. The standard InChI is InChI=1S/C17H21NO2/c1-11-6-5-7-14(16(11)19)10-18-15-9-8-12(2)17(20-4)13(15)3/h5-9,18-19H,10H2,1-4H3. The number of rotatable bonds is 4. The van der Waals surface area contributed by atoms with Gasteiger partial charge in [-0.05, 0) is 38.0 Å². The van der Waals surface area contributed by atoms with E-state index in [4.69, 9.17) is 4.74 Å². The molecular formula is C17H21NO2. The van der Waals surface area contributed by atoms with Gasteiger partial charge in [0.1, 0.15) is 11.5 Å². The fraction of sp³-hybridized carbons (Fsp3) is 0.294. The zero-order valence-corrected chi connectivity index (χ0v) is 12.4. The first kappa shape index (κ1) is 14.3. The second-order valence-electron chi connectivity index (χ2n) is 5.02. The molecule has 20 heavy (non-hydrogen) atoms. The highest BCUT2D eigenvalue weighted by atomic mass is 16.5. The van der Waals surface area contributed by atoms with Crippen molar-refractivity contribution < 1.29 is 9.84 Å². The van der Waals surface area contributed by atoms with Gasteiger partial charge in [-0.25, -0.2) is 0 Å². The molecule has 0 aromatic heterocycles. The number of phenolic OH excluding ortho intramolecular Hbond substituents is 1. The fourth-order valence-corrected chi connectivity index (χ4v) is 2.39. The Morgan fingerprint density at radius 2 is 1.80 bits per heavy atom. The number of methoxy groups -OCH3 is 1. The highest BCUT2D eigenvalue weighted by Gasteiger charge is 2.09. The van der Waals surface area contributed by atoms with Crippen molar-refractivity contribution in [3.8, 4) is 11.5 Å². The molecule has 106 valence electrons. The van der Waals surface area contributed by atoms with Gasteiger partial charge in [0.05, 0.1) is 7.11 Å². The van der Waals surface area contributed by atoms with Crippen LogP contribution in [-0.4, -0.2) is 12.2 Å². The normalized spacial score (nSPS) is 10.4. The van der Waals surface area contributed by atoms with Gasteiger partial charge in [0.15, 0.2) is 0 Å². The largest absolute Gasteiger partial charge is 0.507 e. The maximum Gasteiger partial charge on any atom is 0.126 e. The van der Waals surface area contributed by atoms with Gasteiger partial charge < -0.3 is 15.2 Å². The molecule has 2 rings (SSSR count). The van der Waals surface area contributed by atoms with Gasteiger partial charge in [0.25, 0.3) is 0 Å². The van der Waals surface area contributed by atoms with Crippen molar-refractivity contribution in [2.75, 3.05) is 12.4 Å². The molecule has 0 aliphatic heterocycles. The van der Waals surface area contributed by atoms with Crippen LogP contribution in [0, 0.1) is 20.8 Å². The van der Waals surface area contributed by atoms with Crippen LogP contribution in [-0.2, 0) is 6.54 Å². The Morgan fingerprint density at radius 3 is 2.50 bits per heavy atom. The predicted octanol–water partition coefficient (Wildman–Crippen LogP) is 3.94. The van der Waals surface area contributed by atoms with Crippen LogP contribution < -0.4 is 10.1 Å². The number of nitrogens with one attached hydrogen (secondary N) is 1. The summed E-state index contributed by atoms with van der Waals surface area (Å²) in [4.78, 5) is 0. The molecule has 0 unspecified atom stereocenters. The molecule has 0 saturated carbocycles. The number of hydrogen-bond donors (Lipinski definition) is 2. The van der Waals surface area contributed by atoms with E-state index in [0.717, 1.165) is 33.7 Å². The Hall–Kier alpha value is -2.16. The second-order valence-corrected chi connectivity index (χ2v) is 5.02. The topological polar surface area (TPSA) is 41.5 Å². The van der Waals surface area contributed by atoms with E-state index in [0.29, 0.717) is 12.3 Å². The number of phenols is 1. The van der Waals surface area contributed by atoms with Crippen LogP contribution in [0.25, 0.3) is 0 Å². The second kappa shape index (κ2) is 5.87. The van der Waals surface area contributed by atoms with Crippen molar-refractivity contribution in [2.45, 2.75) is 27.3 Å². The highest BCUT2D eigenvalue weighted by molar-refractivity contribution is 5.60. The summed E-state index contributed by atoms with van der Waals surface area (Å²) in [6.07, 6.45) is 0. The van der Waals surface area contributed by atoms with Crippen molar-refractivity contribution in [1.82, 2.24) is 0 Å². The third-order valence-electron chi connectivity index (χ3n) is 3.60. The summed E-state index contributed by atoms with van der Waals surface area (Å²) in [5.41, 5.74) is 5.01. The predicted molar refractivity (Wildman–Crippen MR) is 82.6 cm³/mol. The third kappa shape index (κ3) is 2.72. The van der Waals surface area contributed by atoms with Crippen LogP contribution in [0.1, 0.15) is 22.3 Å². The minimum Gasteiger partial charge on any atom is -0.507 e. The highest BCUT2D eigenvalue weighted by Crippen LogP contribution is 2.30. The van der Waals surface area contributed by atoms with E-state index in [9.17, 15) is 5.11 Å². The summed E-state index contributed by atoms with van der Waals surface area (Å²) in [7, 11) is 1.69. The molecule has 0 atom stereocenters. The van der Waals surface area contributed by atoms with Gasteiger partial charge in [-0.15, -0.1) is 0 Å². The van der Waals surface area contributed by atoms with E-state index in [1.54, 1.807) is 7.11 Å². The van der Waals surface area contributed by atoms with E-state index in [-0.39, 0.29) is 0 Å². The summed E-state index contributed by atoms with van der Waals surface area (Å²) < 4.78 is 5.42. The summed E-state index contributed by atoms with van der Waals surface area (Å²) in [6, 6.07) is 9.86. The van der Waals surface area contributed by atoms with Crippen LogP contribution in [0.15, 0.2) is 30.3 Å². The molecule has 2 aromatic rings. The van der Waals surface area contributed by atoms with Gasteiger partial charge >= 0.3 is 0 Å². The molecular weight excluding hydrogens is 250 g/mol. The van der Waals surface area contributed by atoms with Crippen molar-refractivity contribution in [3.05, 3.63) is 52.6 Å². The number of benzene rings is 2. The minimum atomic E-state index is 0.358. The molecule has 0 aliphatic rings. The van der Waals surface area contributed by atoms with Gasteiger partial charge in [-0.3, -0.25) is 0 Å². The van der Waals surface area contributed by atoms with Gasteiger partial charge in [0, 0.05) is 23.4 Å². The first-order valence-electron chi connectivity index (χ1n) is 6.70. The van der Waals surface area contributed by atoms with Crippen LogP contribution in [0.4, 0.5) is 5.69 Å². The molecule has 0 spiro atoms. The Labute approximate surface area is 120 Å². The number of aryl methyl sites for hydroxylation is 2. The van der Waals surface area contributed by atoms with Crippen LogP contribution in [0.5, 0.6) is 11.5 Å². The van der Waals surface area contributed by atoms with Crippen LogP contribution in [0.3, 0.4) is 0 Å². The zero-order valence-electron chi connectivity index (χ0n) is 12.4. The first-order valence-corrected chi connectivity index (χ1v) is 6.70. The molecule has 0 bridgehead atoms. The molecule has 2 N–H and O–H groups in total. The molecule has 0 amide bonds. The SMILES string of the molecule is COc1c(C)ccc(NCc2cccc(C)c2O)c1C. The molecule has 2 aromatic carbocycles. The molecule has 3 nitrogen and oxygen atoms in total. The van der Waals surface area contributed by atoms with Crippen molar-refractivity contribution in [1.29, 1.82) is 0 Å². The van der Waals surface area contributed by atoms with Crippen LogP contribution >= 0.6 is 0 Å². The Kier molecular flexibility index (Phi) is 4.18. The average Bonchev–Trinajstić information content (AvgIpc) is 2.43. The molecule has 0 radical (unpaired) electrons.